The van der Waals surface area contributed by atoms with Gasteiger partial charge in [-0.25, -0.2) is 4.39 Å². The number of halogens is 2. The second-order valence-corrected chi connectivity index (χ2v) is 5.31. The molecular formula is C10H9ClFNS2. The molecule has 1 aromatic rings. The summed E-state index contributed by atoms with van der Waals surface area (Å²) in [7, 11) is 0. The number of hydrogen-bond donors (Lipinski definition) is 0. The van der Waals surface area contributed by atoms with E-state index in [0.29, 0.717) is 10.3 Å². The molecule has 0 heterocycles. The Kier molecular flexibility index (Phi) is 4.74. The second-order valence-electron chi connectivity index (χ2n) is 3.10. The number of thiocarbonyl (C=S) groups is 1. The zero-order valence-electron chi connectivity index (χ0n) is 8.25. The molecule has 0 saturated carbocycles. The summed E-state index contributed by atoms with van der Waals surface area (Å²) in [5, 5.41) is 2.91. The number of isothiocyanates is 1. The van der Waals surface area contributed by atoms with Gasteiger partial charge in [0.05, 0.1) is 10.2 Å². The fraction of sp³-hybridized carbons (Fsp3) is 0.300. The van der Waals surface area contributed by atoms with Crippen LogP contribution in [0.15, 0.2) is 22.0 Å². The number of benzene rings is 1. The van der Waals surface area contributed by atoms with Crippen LogP contribution < -0.4 is 0 Å². The summed E-state index contributed by atoms with van der Waals surface area (Å²) < 4.78 is 13.3. The van der Waals surface area contributed by atoms with E-state index in [1.54, 1.807) is 17.8 Å². The molecule has 0 aliphatic carbocycles. The lowest BCUT2D eigenvalue weighted by Gasteiger charge is -2.07. The third kappa shape index (κ3) is 3.58. The summed E-state index contributed by atoms with van der Waals surface area (Å²) >= 11 is 11.9. The molecule has 0 atom stereocenters. The van der Waals surface area contributed by atoms with Crippen LogP contribution in [0.2, 0.25) is 5.02 Å². The van der Waals surface area contributed by atoms with Gasteiger partial charge in [0, 0.05) is 10.1 Å². The average Bonchev–Trinajstić information content (AvgIpc) is 2.12. The van der Waals surface area contributed by atoms with Crippen molar-refractivity contribution >= 4 is 46.4 Å². The molecule has 1 nitrogen and oxygen atoms in total. The van der Waals surface area contributed by atoms with Gasteiger partial charge in [0.2, 0.25) is 0 Å². The maximum atomic E-state index is 13.3. The number of thioether (sulfide) groups is 1. The first-order valence-corrected chi connectivity index (χ1v) is 5.94. The highest BCUT2D eigenvalue weighted by molar-refractivity contribution is 8.00. The van der Waals surface area contributed by atoms with E-state index in [4.69, 9.17) is 11.6 Å². The molecule has 0 unspecified atom stereocenters. The molecule has 0 aliphatic rings. The van der Waals surface area contributed by atoms with Crippen LogP contribution in [0.3, 0.4) is 0 Å². The molecule has 0 fully saturated rings. The van der Waals surface area contributed by atoms with Crippen molar-refractivity contribution in [3.05, 3.63) is 23.0 Å². The number of hydrogen-bond acceptors (Lipinski definition) is 3. The third-order valence-electron chi connectivity index (χ3n) is 1.53. The zero-order valence-corrected chi connectivity index (χ0v) is 10.6. The predicted molar refractivity (Wildman–Crippen MR) is 67.1 cm³/mol. The molecule has 0 spiro atoms. The fourth-order valence-corrected chi connectivity index (χ4v) is 2.24. The molecule has 15 heavy (non-hydrogen) atoms. The topological polar surface area (TPSA) is 12.4 Å². The zero-order chi connectivity index (χ0) is 11.4. The molecule has 1 rings (SSSR count). The summed E-state index contributed by atoms with van der Waals surface area (Å²) in [5.41, 5.74) is 0.178. The highest BCUT2D eigenvalue weighted by atomic mass is 35.5. The smallest absolute Gasteiger partial charge is 0.151 e. The Morgan fingerprint density at radius 1 is 1.53 bits per heavy atom. The van der Waals surface area contributed by atoms with Gasteiger partial charge in [-0.3, -0.25) is 0 Å². The second kappa shape index (κ2) is 5.61. The first-order chi connectivity index (χ1) is 7.04. The molecule has 0 amide bonds. The lowest BCUT2D eigenvalue weighted by Crippen LogP contribution is -1.88. The summed E-state index contributed by atoms with van der Waals surface area (Å²) in [6.45, 7) is 4.07. The average molecular weight is 262 g/mol. The summed E-state index contributed by atoms with van der Waals surface area (Å²) in [4.78, 5) is 4.44. The molecule has 0 aromatic heterocycles. The quantitative estimate of drug-likeness (QED) is 0.444. The van der Waals surface area contributed by atoms with Gasteiger partial charge in [0.1, 0.15) is 5.69 Å². The number of aliphatic imine (C=N–C) groups is 1. The van der Waals surface area contributed by atoms with E-state index < -0.39 is 5.82 Å². The Balaban J connectivity index is 3.16. The van der Waals surface area contributed by atoms with Crippen molar-refractivity contribution in [2.45, 2.75) is 24.0 Å². The van der Waals surface area contributed by atoms with E-state index in [1.165, 1.54) is 6.07 Å². The highest BCUT2D eigenvalue weighted by Crippen LogP contribution is 2.34. The summed E-state index contributed by atoms with van der Waals surface area (Å²) in [5.74, 6) is -0.481. The van der Waals surface area contributed by atoms with Crippen LogP contribution >= 0.6 is 35.6 Å². The monoisotopic (exact) mass is 261 g/mol. The van der Waals surface area contributed by atoms with Gasteiger partial charge < -0.3 is 0 Å². The minimum atomic E-state index is -0.481. The Bertz CT molecular complexity index is 414. The van der Waals surface area contributed by atoms with Gasteiger partial charge in [-0.05, 0) is 24.4 Å². The maximum Gasteiger partial charge on any atom is 0.151 e. The van der Waals surface area contributed by atoms with E-state index in [2.05, 4.69) is 22.4 Å². The van der Waals surface area contributed by atoms with Crippen LogP contribution in [0.5, 0.6) is 0 Å². The van der Waals surface area contributed by atoms with Crippen molar-refractivity contribution in [2.24, 2.45) is 4.99 Å². The predicted octanol–water partition coefficient (Wildman–Crippen LogP) is 4.71. The van der Waals surface area contributed by atoms with Crippen LogP contribution in [-0.4, -0.2) is 10.4 Å². The van der Waals surface area contributed by atoms with Gasteiger partial charge in [0.15, 0.2) is 5.82 Å². The van der Waals surface area contributed by atoms with E-state index in [1.807, 2.05) is 13.8 Å². The lowest BCUT2D eigenvalue weighted by atomic mass is 10.3. The Hall–Kier alpha value is -0.410. The van der Waals surface area contributed by atoms with Crippen molar-refractivity contribution in [1.82, 2.24) is 0 Å². The molecule has 0 N–H and O–H groups in total. The molecule has 0 aliphatic heterocycles. The van der Waals surface area contributed by atoms with E-state index in [9.17, 15) is 4.39 Å². The van der Waals surface area contributed by atoms with E-state index in [0.717, 1.165) is 4.90 Å². The molecule has 0 bridgehead atoms. The van der Waals surface area contributed by atoms with Gasteiger partial charge in [-0.15, -0.1) is 11.8 Å². The highest BCUT2D eigenvalue weighted by Gasteiger charge is 2.09. The lowest BCUT2D eigenvalue weighted by molar-refractivity contribution is 0.629. The standard InChI is InChI=1S/C10H9ClFNS2/c1-6(2)15-10-4-9(13-5-14)8(12)3-7(10)11/h3-4,6H,1-2H3. The largest absolute Gasteiger partial charge is 0.205 e. The van der Waals surface area contributed by atoms with Crippen LogP contribution in [0.1, 0.15) is 13.8 Å². The third-order valence-corrected chi connectivity index (χ3v) is 3.11. The normalized spacial score (nSPS) is 10.2. The Morgan fingerprint density at radius 3 is 2.73 bits per heavy atom. The first-order valence-electron chi connectivity index (χ1n) is 4.28. The number of nitrogens with zero attached hydrogens (tertiary/aromatic N) is 1. The van der Waals surface area contributed by atoms with Crippen molar-refractivity contribution in [2.75, 3.05) is 0 Å². The molecule has 0 saturated heterocycles. The van der Waals surface area contributed by atoms with Crippen LogP contribution in [-0.2, 0) is 0 Å². The molecular weight excluding hydrogens is 253 g/mol. The van der Waals surface area contributed by atoms with Crippen LogP contribution in [0.4, 0.5) is 10.1 Å². The summed E-state index contributed by atoms with van der Waals surface area (Å²) in [6.07, 6.45) is 0. The Labute approximate surface area is 103 Å². The van der Waals surface area contributed by atoms with Crippen molar-refractivity contribution in [1.29, 1.82) is 0 Å². The molecule has 1 aromatic carbocycles. The molecule has 80 valence electrons. The van der Waals surface area contributed by atoms with Gasteiger partial charge >= 0.3 is 0 Å². The van der Waals surface area contributed by atoms with Gasteiger partial charge in [-0.2, -0.15) is 4.99 Å². The van der Waals surface area contributed by atoms with E-state index >= 15 is 0 Å². The number of rotatable bonds is 3. The van der Waals surface area contributed by atoms with E-state index in [-0.39, 0.29) is 5.69 Å². The minimum absolute atomic E-state index is 0.178. The molecule has 5 heteroatoms. The van der Waals surface area contributed by atoms with Gasteiger partial charge in [-0.1, -0.05) is 25.4 Å². The summed E-state index contributed by atoms with van der Waals surface area (Å²) in [6, 6.07) is 2.83. The van der Waals surface area contributed by atoms with Crippen LogP contribution in [0, 0.1) is 5.82 Å². The fourth-order valence-electron chi connectivity index (χ4n) is 0.997. The minimum Gasteiger partial charge on any atom is -0.205 e. The SMILES string of the molecule is CC(C)Sc1cc(N=C=S)c(F)cc1Cl. The first kappa shape index (κ1) is 12.7. The van der Waals surface area contributed by atoms with Gasteiger partial charge in [0.25, 0.3) is 0 Å². The maximum absolute atomic E-state index is 13.3. The molecule has 0 radical (unpaired) electrons. The van der Waals surface area contributed by atoms with Crippen LogP contribution in [0.25, 0.3) is 0 Å². The van der Waals surface area contributed by atoms with Crippen molar-refractivity contribution in [3.8, 4) is 0 Å². The van der Waals surface area contributed by atoms with Crippen molar-refractivity contribution < 1.29 is 4.39 Å². The van der Waals surface area contributed by atoms with Crippen molar-refractivity contribution in [3.63, 3.8) is 0 Å². The Morgan fingerprint density at radius 2 is 2.20 bits per heavy atom.